The maximum absolute atomic E-state index is 2.34. The Kier molecular flexibility index (Phi) is 3.24. The van der Waals surface area contributed by atoms with Crippen LogP contribution in [0, 0.1) is 17.8 Å². The first kappa shape index (κ1) is 11.6. The molecular weight excluding hydrogens is 168 g/mol. The smallest absolute Gasteiger partial charge is 0.00414 e. The van der Waals surface area contributed by atoms with Crippen molar-refractivity contribution in [1.82, 2.24) is 0 Å². The van der Waals surface area contributed by atoms with Crippen LogP contribution in [0.3, 0.4) is 0 Å². The molecule has 0 aliphatic heterocycles. The maximum atomic E-state index is 2.34. The molecule has 1 unspecified atom stereocenters. The Morgan fingerprint density at radius 3 is 1.64 bits per heavy atom. The lowest BCUT2D eigenvalue weighted by atomic mass is 9.80. The molecule has 0 heterocycles. The van der Waals surface area contributed by atoms with Crippen LogP contribution in [-0.4, -0.2) is 0 Å². The van der Waals surface area contributed by atoms with Crippen LogP contribution in [-0.2, 0) is 0 Å². The molecular formula is C14H24. The fourth-order valence-corrected chi connectivity index (χ4v) is 2.86. The van der Waals surface area contributed by atoms with E-state index in [0.717, 1.165) is 5.92 Å². The highest BCUT2D eigenvalue weighted by Crippen LogP contribution is 2.43. The predicted octanol–water partition coefficient (Wildman–Crippen LogP) is 4.58. The molecule has 0 saturated carbocycles. The second-order valence-corrected chi connectivity index (χ2v) is 5.26. The molecule has 1 rings (SSSR count). The molecule has 0 N–H and O–H groups in total. The monoisotopic (exact) mass is 192 g/mol. The zero-order chi connectivity index (χ0) is 11.0. The number of rotatable bonds is 2. The van der Waals surface area contributed by atoms with Crippen molar-refractivity contribution >= 4 is 0 Å². The van der Waals surface area contributed by atoms with E-state index in [1.165, 1.54) is 5.57 Å². The van der Waals surface area contributed by atoms with Gasteiger partial charge >= 0.3 is 0 Å². The molecule has 1 atom stereocenters. The van der Waals surface area contributed by atoms with Crippen molar-refractivity contribution in [2.75, 3.05) is 0 Å². The van der Waals surface area contributed by atoms with Crippen LogP contribution in [0.15, 0.2) is 22.3 Å². The summed E-state index contributed by atoms with van der Waals surface area (Å²) in [5.41, 5.74) is 6.36. The van der Waals surface area contributed by atoms with E-state index in [0.29, 0.717) is 11.8 Å². The largest absolute Gasteiger partial charge is 0.0627 e. The van der Waals surface area contributed by atoms with Crippen molar-refractivity contribution in [3.05, 3.63) is 22.3 Å². The van der Waals surface area contributed by atoms with Gasteiger partial charge < -0.3 is 0 Å². The van der Waals surface area contributed by atoms with Crippen LogP contribution >= 0.6 is 0 Å². The molecule has 80 valence electrons. The van der Waals surface area contributed by atoms with E-state index in [1.807, 2.05) is 0 Å². The van der Waals surface area contributed by atoms with E-state index >= 15 is 0 Å². The van der Waals surface area contributed by atoms with Crippen LogP contribution in [0.25, 0.3) is 0 Å². The van der Waals surface area contributed by atoms with Crippen molar-refractivity contribution in [2.24, 2.45) is 17.8 Å². The Labute approximate surface area is 89.1 Å². The SMILES string of the molecule is CC1=C(C)C(C(C)C)C(C(C)C)=C1C. The van der Waals surface area contributed by atoms with Crippen LogP contribution < -0.4 is 0 Å². The molecule has 0 radical (unpaired) electrons. The van der Waals surface area contributed by atoms with Gasteiger partial charge in [0.15, 0.2) is 0 Å². The summed E-state index contributed by atoms with van der Waals surface area (Å²) in [6.07, 6.45) is 0. The molecule has 14 heavy (non-hydrogen) atoms. The molecule has 0 aromatic heterocycles. The molecule has 0 bridgehead atoms. The lowest BCUT2D eigenvalue weighted by molar-refractivity contribution is 0.469. The summed E-state index contributed by atoms with van der Waals surface area (Å²) in [7, 11) is 0. The Balaban J connectivity index is 3.17. The minimum absolute atomic E-state index is 0.690. The Morgan fingerprint density at radius 2 is 1.36 bits per heavy atom. The summed E-state index contributed by atoms with van der Waals surface area (Å²) in [6, 6.07) is 0. The van der Waals surface area contributed by atoms with Gasteiger partial charge in [-0.25, -0.2) is 0 Å². The Morgan fingerprint density at radius 1 is 0.857 bits per heavy atom. The minimum atomic E-state index is 0.690. The van der Waals surface area contributed by atoms with Crippen molar-refractivity contribution in [2.45, 2.75) is 48.5 Å². The summed E-state index contributed by atoms with van der Waals surface area (Å²) in [6.45, 7) is 16.2. The van der Waals surface area contributed by atoms with E-state index < -0.39 is 0 Å². The van der Waals surface area contributed by atoms with Crippen molar-refractivity contribution in [3.63, 3.8) is 0 Å². The maximum Gasteiger partial charge on any atom is 0.00414 e. The Bertz CT molecular complexity index is 287. The first-order chi connectivity index (χ1) is 6.37. The van der Waals surface area contributed by atoms with Crippen LogP contribution in [0.2, 0.25) is 0 Å². The first-order valence-corrected chi connectivity index (χ1v) is 5.76. The molecule has 0 heteroatoms. The van der Waals surface area contributed by atoms with Gasteiger partial charge in [-0.05, 0) is 43.8 Å². The van der Waals surface area contributed by atoms with E-state index in [1.54, 1.807) is 16.7 Å². The molecule has 0 nitrogen and oxygen atoms in total. The minimum Gasteiger partial charge on any atom is -0.0627 e. The summed E-state index contributed by atoms with van der Waals surface area (Å²) >= 11 is 0. The van der Waals surface area contributed by atoms with Crippen LogP contribution in [0.5, 0.6) is 0 Å². The van der Waals surface area contributed by atoms with Gasteiger partial charge in [0.05, 0.1) is 0 Å². The molecule has 1 aliphatic rings. The van der Waals surface area contributed by atoms with E-state index in [-0.39, 0.29) is 0 Å². The summed E-state index contributed by atoms with van der Waals surface area (Å²) in [4.78, 5) is 0. The van der Waals surface area contributed by atoms with Crippen molar-refractivity contribution < 1.29 is 0 Å². The third-order valence-electron chi connectivity index (χ3n) is 3.68. The third-order valence-corrected chi connectivity index (χ3v) is 3.68. The quantitative estimate of drug-likeness (QED) is 0.600. The van der Waals surface area contributed by atoms with Gasteiger partial charge in [0.25, 0.3) is 0 Å². The number of hydrogen-bond donors (Lipinski definition) is 0. The fraction of sp³-hybridized carbons (Fsp3) is 0.714. The highest BCUT2D eigenvalue weighted by molar-refractivity contribution is 5.47. The highest BCUT2D eigenvalue weighted by Gasteiger charge is 2.30. The van der Waals surface area contributed by atoms with Crippen LogP contribution in [0.4, 0.5) is 0 Å². The van der Waals surface area contributed by atoms with E-state index in [9.17, 15) is 0 Å². The van der Waals surface area contributed by atoms with Gasteiger partial charge in [-0.1, -0.05) is 38.8 Å². The number of hydrogen-bond acceptors (Lipinski definition) is 0. The molecule has 0 fully saturated rings. The summed E-state index contributed by atoms with van der Waals surface area (Å²) in [5, 5.41) is 0. The van der Waals surface area contributed by atoms with Gasteiger partial charge in [0.2, 0.25) is 0 Å². The Hall–Kier alpha value is -0.520. The average molecular weight is 192 g/mol. The van der Waals surface area contributed by atoms with E-state index in [4.69, 9.17) is 0 Å². The lowest BCUT2D eigenvalue weighted by Gasteiger charge is -2.24. The van der Waals surface area contributed by atoms with Gasteiger partial charge in [0.1, 0.15) is 0 Å². The van der Waals surface area contributed by atoms with Gasteiger partial charge in [-0.3, -0.25) is 0 Å². The normalized spacial score (nSPS) is 23.4. The van der Waals surface area contributed by atoms with E-state index in [2.05, 4.69) is 48.5 Å². The van der Waals surface area contributed by atoms with Crippen LogP contribution in [0.1, 0.15) is 48.5 Å². The molecule has 0 spiro atoms. The molecule has 0 amide bonds. The number of allylic oxidation sites excluding steroid dienone is 4. The van der Waals surface area contributed by atoms with Gasteiger partial charge in [0, 0.05) is 5.92 Å². The molecule has 0 aromatic rings. The second-order valence-electron chi connectivity index (χ2n) is 5.26. The lowest BCUT2D eigenvalue weighted by Crippen LogP contribution is -2.14. The first-order valence-electron chi connectivity index (χ1n) is 5.76. The zero-order valence-corrected chi connectivity index (χ0v) is 10.7. The third kappa shape index (κ3) is 1.67. The van der Waals surface area contributed by atoms with Gasteiger partial charge in [-0.2, -0.15) is 0 Å². The molecule has 0 aromatic carbocycles. The van der Waals surface area contributed by atoms with Crippen molar-refractivity contribution in [1.29, 1.82) is 0 Å². The van der Waals surface area contributed by atoms with Crippen molar-refractivity contribution in [3.8, 4) is 0 Å². The topological polar surface area (TPSA) is 0 Å². The fourth-order valence-electron chi connectivity index (χ4n) is 2.86. The summed E-state index contributed by atoms with van der Waals surface area (Å²) in [5.74, 6) is 2.13. The molecule has 1 aliphatic carbocycles. The average Bonchev–Trinajstić information content (AvgIpc) is 2.29. The zero-order valence-electron chi connectivity index (χ0n) is 10.7. The summed E-state index contributed by atoms with van der Waals surface area (Å²) < 4.78 is 0. The highest BCUT2D eigenvalue weighted by atomic mass is 14.3. The molecule has 0 saturated heterocycles. The standard InChI is InChI=1S/C14H24/c1-8(2)13-11(6)10(5)12(7)14(13)9(3)4/h8-9,13H,1-7H3. The second kappa shape index (κ2) is 3.92. The van der Waals surface area contributed by atoms with Gasteiger partial charge in [-0.15, -0.1) is 0 Å². The predicted molar refractivity (Wildman–Crippen MR) is 64.2 cm³/mol.